The highest BCUT2D eigenvalue weighted by molar-refractivity contribution is 5.48. The Balaban J connectivity index is 2.84. The lowest BCUT2D eigenvalue weighted by Crippen LogP contribution is -2.33. The minimum absolute atomic E-state index is 0.189. The number of hydrogen-bond acceptors (Lipinski definition) is 3. The van der Waals surface area contributed by atoms with Crippen molar-refractivity contribution < 1.29 is 5.11 Å². The molecule has 3 heteroatoms. The number of nitrogens with one attached hydrogen (secondary N) is 1. The number of hydrogen-bond donors (Lipinski definition) is 2. The zero-order valence-electron chi connectivity index (χ0n) is 12.7. The summed E-state index contributed by atoms with van der Waals surface area (Å²) < 4.78 is 0. The van der Waals surface area contributed by atoms with E-state index in [1.807, 2.05) is 0 Å². The molecule has 0 radical (unpaired) electrons. The molecule has 2 N–H and O–H groups in total. The van der Waals surface area contributed by atoms with E-state index in [-0.39, 0.29) is 6.61 Å². The van der Waals surface area contributed by atoms with Crippen molar-refractivity contribution in [2.45, 2.75) is 46.2 Å². The molecule has 1 aromatic carbocycles. The fraction of sp³-hybridized carbons (Fsp3) is 0.625. The van der Waals surface area contributed by atoms with Crippen molar-refractivity contribution in [3.05, 3.63) is 29.8 Å². The van der Waals surface area contributed by atoms with E-state index >= 15 is 0 Å². The SMILES string of the molecule is CCNC(CC)c1ccc(N(CCO)C(C)C)cc1. The van der Waals surface area contributed by atoms with E-state index in [4.69, 9.17) is 5.11 Å². The molecule has 3 nitrogen and oxygen atoms in total. The molecule has 0 spiro atoms. The summed E-state index contributed by atoms with van der Waals surface area (Å²) in [5.41, 5.74) is 2.51. The standard InChI is InChI=1S/C16H28N2O/c1-5-16(17-6-2)14-7-9-15(10-8-14)18(11-12-19)13(3)4/h7-10,13,16-17,19H,5-6,11-12H2,1-4H3. The highest BCUT2D eigenvalue weighted by atomic mass is 16.3. The van der Waals surface area contributed by atoms with Crippen molar-refractivity contribution in [1.82, 2.24) is 5.32 Å². The van der Waals surface area contributed by atoms with Gasteiger partial charge in [-0.3, -0.25) is 0 Å². The van der Waals surface area contributed by atoms with E-state index in [2.05, 4.69) is 62.2 Å². The molecule has 1 atom stereocenters. The van der Waals surface area contributed by atoms with Gasteiger partial charge in [0.1, 0.15) is 0 Å². The molecule has 0 aliphatic rings. The van der Waals surface area contributed by atoms with E-state index < -0.39 is 0 Å². The largest absolute Gasteiger partial charge is 0.395 e. The van der Waals surface area contributed by atoms with Gasteiger partial charge in [-0.2, -0.15) is 0 Å². The Hall–Kier alpha value is -1.06. The first-order valence-corrected chi connectivity index (χ1v) is 7.34. The molecule has 0 bridgehead atoms. The quantitative estimate of drug-likeness (QED) is 0.758. The van der Waals surface area contributed by atoms with Crippen LogP contribution in [0.2, 0.25) is 0 Å². The third-order valence-corrected chi connectivity index (χ3v) is 3.45. The average Bonchev–Trinajstić information content (AvgIpc) is 2.42. The lowest BCUT2D eigenvalue weighted by atomic mass is 10.0. The van der Waals surface area contributed by atoms with Gasteiger partial charge < -0.3 is 15.3 Å². The molecular formula is C16H28N2O. The number of benzene rings is 1. The van der Waals surface area contributed by atoms with Gasteiger partial charge in [-0.15, -0.1) is 0 Å². The third-order valence-electron chi connectivity index (χ3n) is 3.45. The van der Waals surface area contributed by atoms with Gasteiger partial charge in [-0.25, -0.2) is 0 Å². The molecular weight excluding hydrogens is 236 g/mol. The molecule has 0 aliphatic heterocycles. The van der Waals surface area contributed by atoms with Crippen molar-refractivity contribution >= 4 is 5.69 Å². The molecule has 0 amide bonds. The molecule has 108 valence electrons. The predicted molar refractivity (Wildman–Crippen MR) is 82.7 cm³/mol. The summed E-state index contributed by atoms with van der Waals surface area (Å²) in [6.07, 6.45) is 1.09. The van der Waals surface area contributed by atoms with Crippen LogP contribution in [0.1, 0.15) is 45.7 Å². The van der Waals surface area contributed by atoms with Crippen LogP contribution < -0.4 is 10.2 Å². The van der Waals surface area contributed by atoms with Crippen molar-refractivity contribution in [3.63, 3.8) is 0 Å². The Bertz CT molecular complexity index is 348. The summed E-state index contributed by atoms with van der Waals surface area (Å²) in [7, 11) is 0. The minimum atomic E-state index is 0.189. The van der Waals surface area contributed by atoms with Gasteiger partial charge in [0.2, 0.25) is 0 Å². The predicted octanol–water partition coefficient (Wildman–Crippen LogP) is 2.95. The van der Waals surface area contributed by atoms with Crippen LogP contribution in [0.3, 0.4) is 0 Å². The van der Waals surface area contributed by atoms with Crippen LogP contribution in [-0.4, -0.2) is 30.8 Å². The zero-order chi connectivity index (χ0) is 14.3. The molecule has 19 heavy (non-hydrogen) atoms. The Kier molecular flexibility index (Phi) is 6.89. The van der Waals surface area contributed by atoms with E-state index in [0.29, 0.717) is 18.6 Å². The van der Waals surface area contributed by atoms with Crippen LogP contribution in [0.15, 0.2) is 24.3 Å². The van der Waals surface area contributed by atoms with Gasteiger partial charge in [0.15, 0.2) is 0 Å². The smallest absolute Gasteiger partial charge is 0.0606 e. The second kappa shape index (κ2) is 8.18. The van der Waals surface area contributed by atoms with Crippen molar-refractivity contribution in [1.29, 1.82) is 0 Å². The molecule has 0 aliphatic carbocycles. The molecule has 0 fully saturated rings. The second-order valence-electron chi connectivity index (χ2n) is 5.12. The summed E-state index contributed by atoms with van der Waals surface area (Å²) in [6.45, 7) is 10.5. The maximum absolute atomic E-state index is 9.15. The highest BCUT2D eigenvalue weighted by Crippen LogP contribution is 2.22. The third kappa shape index (κ3) is 4.51. The van der Waals surface area contributed by atoms with Crippen LogP contribution >= 0.6 is 0 Å². The summed E-state index contributed by atoms with van der Waals surface area (Å²) in [5, 5.41) is 12.6. The minimum Gasteiger partial charge on any atom is -0.395 e. The first-order valence-electron chi connectivity index (χ1n) is 7.34. The van der Waals surface area contributed by atoms with E-state index in [1.165, 1.54) is 11.3 Å². The van der Waals surface area contributed by atoms with Crippen LogP contribution in [0.4, 0.5) is 5.69 Å². The maximum atomic E-state index is 9.15. The molecule has 0 aromatic heterocycles. The first kappa shape index (κ1) is 16.0. The highest BCUT2D eigenvalue weighted by Gasteiger charge is 2.11. The van der Waals surface area contributed by atoms with Gasteiger partial charge >= 0.3 is 0 Å². The number of aliphatic hydroxyl groups excluding tert-OH is 1. The van der Waals surface area contributed by atoms with Crippen LogP contribution in [0.5, 0.6) is 0 Å². The number of anilines is 1. The molecule has 0 saturated heterocycles. The van der Waals surface area contributed by atoms with Crippen molar-refractivity contribution in [2.24, 2.45) is 0 Å². The fourth-order valence-corrected chi connectivity index (χ4v) is 2.44. The number of aliphatic hydroxyl groups is 1. The monoisotopic (exact) mass is 264 g/mol. The van der Waals surface area contributed by atoms with Gasteiger partial charge in [-0.1, -0.05) is 26.0 Å². The first-order chi connectivity index (χ1) is 9.13. The van der Waals surface area contributed by atoms with Crippen LogP contribution in [0, 0.1) is 0 Å². The molecule has 1 aromatic rings. The molecule has 0 saturated carbocycles. The molecule has 1 unspecified atom stereocenters. The van der Waals surface area contributed by atoms with Gasteiger partial charge in [0.05, 0.1) is 6.61 Å². The second-order valence-corrected chi connectivity index (χ2v) is 5.12. The number of nitrogens with zero attached hydrogens (tertiary/aromatic N) is 1. The average molecular weight is 264 g/mol. The lowest BCUT2D eigenvalue weighted by molar-refractivity contribution is 0.299. The van der Waals surface area contributed by atoms with Gasteiger partial charge in [0.25, 0.3) is 0 Å². The summed E-state index contributed by atoms with van der Waals surface area (Å²) in [4.78, 5) is 2.22. The van der Waals surface area contributed by atoms with Crippen LogP contribution in [0.25, 0.3) is 0 Å². The van der Waals surface area contributed by atoms with E-state index in [0.717, 1.165) is 13.0 Å². The molecule has 1 rings (SSSR count). The Morgan fingerprint density at radius 1 is 1.16 bits per heavy atom. The molecule has 0 heterocycles. The topological polar surface area (TPSA) is 35.5 Å². The van der Waals surface area contributed by atoms with E-state index in [9.17, 15) is 0 Å². The summed E-state index contributed by atoms with van der Waals surface area (Å²) in [5.74, 6) is 0. The normalized spacial score (nSPS) is 12.7. The van der Waals surface area contributed by atoms with E-state index in [1.54, 1.807) is 0 Å². The Labute approximate surface area is 117 Å². The zero-order valence-corrected chi connectivity index (χ0v) is 12.7. The van der Waals surface area contributed by atoms with Gasteiger partial charge in [-0.05, 0) is 44.5 Å². The summed E-state index contributed by atoms with van der Waals surface area (Å²) >= 11 is 0. The van der Waals surface area contributed by atoms with Crippen LogP contribution in [-0.2, 0) is 0 Å². The fourth-order valence-electron chi connectivity index (χ4n) is 2.44. The Morgan fingerprint density at radius 3 is 2.21 bits per heavy atom. The Morgan fingerprint density at radius 2 is 1.79 bits per heavy atom. The maximum Gasteiger partial charge on any atom is 0.0606 e. The number of rotatable bonds is 8. The van der Waals surface area contributed by atoms with Gasteiger partial charge in [0, 0.05) is 24.3 Å². The summed E-state index contributed by atoms with van der Waals surface area (Å²) in [6, 6.07) is 9.53. The lowest BCUT2D eigenvalue weighted by Gasteiger charge is -2.28. The van der Waals surface area contributed by atoms with Crippen molar-refractivity contribution in [2.75, 3.05) is 24.6 Å². The van der Waals surface area contributed by atoms with Crippen molar-refractivity contribution in [3.8, 4) is 0 Å².